The standard InChI is InChI=1S/C18H20N6O/c25-17(18(6-10-19-11-7-18)24-12-2-8-21-24)22-15-4-1-3-14(13-15)16-5-9-20-23-16/h1-5,8-9,12-13,19H,6-7,10-11H2,(H,20,23)(H,22,25). The molecule has 3 heterocycles. The average molecular weight is 336 g/mol. The molecule has 1 amide bonds. The number of anilines is 1. The quantitative estimate of drug-likeness (QED) is 0.680. The number of carbonyl (C=O) groups excluding carboxylic acids is 1. The first-order chi connectivity index (χ1) is 12.3. The SMILES string of the molecule is O=C(Nc1cccc(-c2ccn[nH]2)c1)C1(n2cccn2)CCNCC1. The van der Waals surface area contributed by atoms with Gasteiger partial charge in [-0.05, 0) is 50.2 Å². The number of carbonyl (C=O) groups is 1. The number of aromatic nitrogens is 4. The molecular weight excluding hydrogens is 316 g/mol. The van der Waals surface area contributed by atoms with E-state index in [0.717, 1.165) is 30.0 Å². The fourth-order valence-corrected chi connectivity index (χ4v) is 3.35. The van der Waals surface area contributed by atoms with Crippen molar-refractivity contribution in [1.82, 2.24) is 25.3 Å². The third-order valence-corrected chi connectivity index (χ3v) is 4.73. The highest BCUT2D eigenvalue weighted by Gasteiger charge is 2.42. The summed E-state index contributed by atoms with van der Waals surface area (Å²) in [6.45, 7) is 1.59. The van der Waals surface area contributed by atoms with E-state index in [0.29, 0.717) is 12.8 Å². The summed E-state index contributed by atoms with van der Waals surface area (Å²) in [5, 5.41) is 17.7. The Hall–Kier alpha value is -2.93. The van der Waals surface area contributed by atoms with Crippen molar-refractivity contribution in [3.63, 3.8) is 0 Å². The number of piperidine rings is 1. The van der Waals surface area contributed by atoms with Gasteiger partial charge < -0.3 is 10.6 Å². The van der Waals surface area contributed by atoms with Crippen LogP contribution in [-0.2, 0) is 10.3 Å². The van der Waals surface area contributed by atoms with Crippen LogP contribution in [-0.4, -0.2) is 39.0 Å². The van der Waals surface area contributed by atoms with Crippen LogP contribution in [0, 0.1) is 0 Å². The normalized spacial score (nSPS) is 16.5. The van der Waals surface area contributed by atoms with Gasteiger partial charge in [-0.3, -0.25) is 14.6 Å². The number of rotatable bonds is 4. The van der Waals surface area contributed by atoms with Crippen molar-refractivity contribution in [2.24, 2.45) is 0 Å². The Labute approximate surface area is 145 Å². The molecular formula is C18H20N6O. The number of benzene rings is 1. The van der Waals surface area contributed by atoms with Crippen molar-refractivity contribution in [3.05, 3.63) is 55.0 Å². The fourth-order valence-electron chi connectivity index (χ4n) is 3.35. The molecule has 0 bridgehead atoms. The molecule has 0 atom stereocenters. The molecule has 3 N–H and O–H groups in total. The van der Waals surface area contributed by atoms with Crippen molar-refractivity contribution in [1.29, 1.82) is 0 Å². The fraction of sp³-hybridized carbons (Fsp3) is 0.278. The summed E-state index contributed by atoms with van der Waals surface area (Å²) in [5.41, 5.74) is 2.01. The third kappa shape index (κ3) is 2.94. The number of amides is 1. The number of hydrogen-bond acceptors (Lipinski definition) is 4. The maximum atomic E-state index is 13.2. The Balaban J connectivity index is 1.61. The zero-order chi connectivity index (χ0) is 17.1. The van der Waals surface area contributed by atoms with E-state index in [9.17, 15) is 4.79 Å². The summed E-state index contributed by atoms with van der Waals surface area (Å²) in [6.07, 6.45) is 6.71. The Morgan fingerprint density at radius 3 is 2.76 bits per heavy atom. The number of nitrogens with zero attached hydrogens (tertiary/aromatic N) is 3. The van der Waals surface area contributed by atoms with Gasteiger partial charge in [-0.25, -0.2) is 0 Å². The zero-order valence-corrected chi connectivity index (χ0v) is 13.8. The monoisotopic (exact) mass is 336 g/mol. The average Bonchev–Trinajstić information content (AvgIpc) is 3.36. The summed E-state index contributed by atoms with van der Waals surface area (Å²) >= 11 is 0. The molecule has 1 fully saturated rings. The van der Waals surface area contributed by atoms with E-state index in [-0.39, 0.29) is 5.91 Å². The lowest BCUT2D eigenvalue weighted by molar-refractivity contribution is -0.126. The number of H-pyrrole nitrogens is 1. The minimum atomic E-state index is -0.654. The maximum Gasteiger partial charge on any atom is 0.252 e. The van der Waals surface area contributed by atoms with E-state index >= 15 is 0 Å². The molecule has 0 radical (unpaired) electrons. The third-order valence-electron chi connectivity index (χ3n) is 4.73. The second-order valence-corrected chi connectivity index (χ2v) is 6.24. The van der Waals surface area contributed by atoms with Crippen molar-refractivity contribution in [2.75, 3.05) is 18.4 Å². The molecule has 2 aromatic heterocycles. The first-order valence-electron chi connectivity index (χ1n) is 8.40. The highest BCUT2D eigenvalue weighted by atomic mass is 16.2. The maximum absolute atomic E-state index is 13.2. The first-order valence-corrected chi connectivity index (χ1v) is 8.40. The van der Waals surface area contributed by atoms with Gasteiger partial charge in [-0.1, -0.05) is 12.1 Å². The molecule has 0 aliphatic carbocycles. The van der Waals surface area contributed by atoms with Crippen LogP contribution in [0.1, 0.15) is 12.8 Å². The molecule has 25 heavy (non-hydrogen) atoms. The van der Waals surface area contributed by atoms with Crippen LogP contribution in [0.25, 0.3) is 11.3 Å². The largest absolute Gasteiger partial charge is 0.324 e. The van der Waals surface area contributed by atoms with Gasteiger partial charge in [0.2, 0.25) is 0 Å². The van der Waals surface area contributed by atoms with E-state index in [1.165, 1.54) is 0 Å². The molecule has 7 heteroatoms. The molecule has 1 aliphatic rings. The topological polar surface area (TPSA) is 87.6 Å². The number of nitrogens with one attached hydrogen (secondary N) is 3. The van der Waals surface area contributed by atoms with Gasteiger partial charge >= 0.3 is 0 Å². The van der Waals surface area contributed by atoms with Gasteiger partial charge in [-0.15, -0.1) is 0 Å². The van der Waals surface area contributed by atoms with Crippen LogP contribution in [0.5, 0.6) is 0 Å². The summed E-state index contributed by atoms with van der Waals surface area (Å²) in [4.78, 5) is 13.2. The highest BCUT2D eigenvalue weighted by molar-refractivity contribution is 5.97. The van der Waals surface area contributed by atoms with Gasteiger partial charge in [0, 0.05) is 29.8 Å². The van der Waals surface area contributed by atoms with Crippen LogP contribution in [0.15, 0.2) is 55.0 Å². The predicted octanol–water partition coefficient (Wildman–Crippen LogP) is 1.99. The predicted molar refractivity (Wildman–Crippen MR) is 95.0 cm³/mol. The van der Waals surface area contributed by atoms with Gasteiger partial charge in [0.05, 0.1) is 5.69 Å². The Kier molecular flexibility index (Phi) is 4.07. The second-order valence-electron chi connectivity index (χ2n) is 6.24. The van der Waals surface area contributed by atoms with Gasteiger partial charge in [0.1, 0.15) is 5.54 Å². The lowest BCUT2D eigenvalue weighted by Crippen LogP contribution is -2.52. The smallest absolute Gasteiger partial charge is 0.252 e. The van der Waals surface area contributed by atoms with E-state index < -0.39 is 5.54 Å². The van der Waals surface area contributed by atoms with Crippen molar-refractivity contribution >= 4 is 11.6 Å². The summed E-state index contributed by atoms with van der Waals surface area (Å²) < 4.78 is 1.79. The van der Waals surface area contributed by atoms with Crippen molar-refractivity contribution in [2.45, 2.75) is 18.4 Å². The van der Waals surface area contributed by atoms with Crippen LogP contribution in [0.4, 0.5) is 5.69 Å². The van der Waals surface area contributed by atoms with E-state index in [4.69, 9.17) is 0 Å². The molecule has 1 aromatic carbocycles. The van der Waals surface area contributed by atoms with Crippen LogP contribution in [0.3, 0.4) is 0 Å². The van der Waals surface area contributed by atoms with Gasteiger partial charge in [-0.2, -0.15) is 10.2 Å². The minimum Gasteiger partial charge on any atom is -0.324 e. The Morgan fingerprint density at radius 1 is 1.16 bits per heavy atom. The van der Waals surface area contributed by atoms with Crippen molar-refractivity contribution in [3.8, 4) is 11.3 Å². The van der Waals surface area contributed by atoms with Crippen LogP contribution < -0.4 is 10.6 Å². The van der Waals surface area contributed by atoms with Gasteiger partial charge in [0.25, 0.3) is 5.91 Å². The second kappa shape index (κ2) is 6.52. The molecule has 7 nitrogen and oxygen atoms in total. The van der Waals surface area contributed by atoms with Gasteiger partial charge in [0.15, 0.2) is 0 Å². The zero-order valence-electron chi connectivity index (χ0n) is 13.8. The highest BCUT2D eigenvalue weighted by Crippen LogP contribution is 2.29. The lowest BCUT2D eigenvalue weighted by Gasteiger charge is -2.36. The Morgan fingerprint density at radius 2 is 2.04 bits per heavy atom. The Bertz CT molecular complexity index is 834. The molecule has 1 aliphatic heterocycles. The molecule has 4 rings (SSSR count). The molecule has 0 saturated carbocycles. The molecule has 1 saturated heterocycles. The molecule has 128 valence electrons. The minimum absolute atomic E-state index is 0.0283. The van der Waals surface area contributed by atoms with Crippen molar-refractivity contribution < 1.29 is 4.79 Å². The summed E-state index contributed by atoms with van der Waals surface area (Å²) in [7, 11) is 0. The summed E-state index contributed by atoms with van der Waals surface area (Å²) in [6, 6.07) is 11.5. The van der Waals surface area contributed by atoms with E-state index in [1.807, 2.05) is 42.6 Å². The van der Waals surface area contributed by atoms with Crippen LogP contribution in [0.2, 0.25) is 0 Å². The molecule has 0 spiro atoms. The van der Waals surface area contributed by atoms with E-state index in [1.54, 1.807) is 17.1 Å². The molecule has 0 unspecified atom stereocenters. The first kappa shape index (κ1) is 15.6. The van der Waals surface area contributed by atoms with E-state index in [2.05, 4.69) is 25.9 Å². The van der Waals surface area contributed by atoms with Crippen LogP contribution >= 0.6 is 0 Å². The number of hydrogen-bond donors (Lipinski definition) is 3. The number of aromatic amines is 1. The molecule has 3 aromatic rings. The summed E-state index contributed by atoms with van der Waals surface area (Å²) in [5.74, 6) is -0.0283. The lowest BCUT2D eigenvalue weighted by atomic mass is 9.87.